The van der Waals surface area contributed by atoms with Gasteiger partial charge in [0, 0.05) is 17.5 Å². The third-order valence-electron chi connectivity index (χ3n) is 4.14. The summed E-state index contributed by atoms with van der Waals surface area (Å²) < 4.78 is 5.73. The van der Waals surface area contributed by atoms with Crippen LogP contribution in [0.25, 0.3) is 10.9 Å². The molecule has 0 aliphatic carbocycles. The van der Waals surface area contributed by atoms with Gasteiger partial charge < -0.3 is 15.2 Å². The number of nitrogens with one attached hydrogen (secondary N) is 1. The molecule has 3 aromatic carbocycles. The number of aromatic nitrogens is 2. The van der Waals surface area contributed by atoms with E-state index in [0.29, 0.717) is 22.3 Å². The van der Waals surface area contributed by atoms with Gasteiger partial charge in [-0.1, -0.05) is 30.3 Å². The van der Waals surface area contributed by atoms with Crippen molar-refractivity contribution in [3.05, 3.63) is 88.7 Å². The van der Waals surface area contributed by atoms with Crippen LogP contribution in [0.2, 0.25) is 0 Å². The highest BCUT2D eigenvalue weighted by Crippen LogP contribution is 2.32. The van der Waals surface area contributed by atoms with Gasteiger partial charge in [-0.05, 0) is 24.3 Å². The Bertz CT molecular complexity index is 1260. The summed E-state index contributed by atoms with van der Waals surface area (Å²) in [5.74, 6) is -0.693. The van der Waals surface area contributed by atoms with E-state index in [2.05, 4.69) is 15.3 Å². The van der Waals surface area contributed by atoms with Gasteiger partial charge in [-0.3, -0.25) is 10.1 Å². The average Bonchev–Trinajstić information content (AvgIpc) is 2.74. The van der Waals surface area contributed by atoms with Crippen molar-refractivity contribution in [2.45, 2.75) is 0 Å². The van der Waals surface area contributed by atoms with Gasteiger partial charge in [0.25, 0.3) is 5.69 Å². The molecular weight excluding hydrogens is 388 g/mol. The Hall–Kier alpha value is -4.53. The number of nitro benzene ring substituents is 1. The Balaban J connectivity index is 1.77. The Morgan fingerprint density at radius 3 is 2.43 bits per heavy atom. The van der Waals surface area contributed by atoms with Crippen molar-refractivity contribution < 1.29 is 19.6 Å². The first-order chi connectivity index (χ1) is 14.5. The van der Waals surface area contributed by atoms with Gasteiger partial charge in [-0.15, -0.1) is 0 Å². The van der Waals surface area contributed by atoms with Crippen LogP contribution in [0.15, 0.2) is 72.8 Å². The number of non-ortho nitro benzene ring substituents is 1. The molecule has 4 rings (SSSR count). The van der Waals surface area contributed by atoms with Crippen LogP contribution in [0.4, 0.5) is 17.2 Å². The van der Waals surface area contributed by atoms with E-state index in [4.69, 9.17) is 4.74 Å². The largest absolute Gasteiger partial charge is 0.475 e. The summed E-state index contributed by atoms with van der Waals surface area (Å²) in [5.41, 5.74) is 0.552. The molecule has 0 atom stereocenters. The molecule has 0 unspecified atom stereocenters. The Morgan fingerprint density at radius 2 is 1.70 bits per heavy atom. The Morgan fingerprint density at radius 1 is 0.967 bits per heavy atom. The lowest BCUT2D eigenvalue weighted by Gasteiger charge is -2.12. The molecule has 9 heteroatoms. The lowest BCUT2D eigenvalue weighted by atomic mass is 10.2. The zero-order valence-corrected chi connectivity index (χ0v) is 15.4. The van der Waals surface area contributed by atoms with Gasteiger partial charge in [0.05, 0.1) is 22.2 Å². The maximum atomic E-state index is 11.4. The van der Waals surface area contributed by atoms with Crippen LogP contribution in [0.5, 0.6) is 11.5 Å². The topological polar surface area (TPSA) is 127 Å². The molecule has 0 aliphatic heterocycles. The van der Waals surface area contributed by atoms with Gasteiger partial charge in [0.15, 0.2) is 0 Å². The van der Waals surface area contributed by atoms with Crippen LogP contribution >= 0.6 is 0 Å². The maximum absolute atomic E-state index is 11.4. The fourth-order valence-corrected chi connectivity index (χ4v) is 2.85. The van der Waals surface area contributed by atoms with Crippen LogP contribution in [0.1, 0.15) is 10.6 Å². The predicted octanol–water partition coefficient (Wildman–Crippen LogP) is 4.77. The molecular formula is C21H14N4O5. The first-order valence-corrected chi connectivity index (χ1v) is 8.79. The molecule has 0 radical (unpaired) electrons. The zero-order chi connectivity index (χ0) is 21.1. The minimum absolute atomic E-state index is 0.192. The second-order valence-corrected chi connectivity index (χ2v) is 6.23. The minimum atomic E-state index is -1.28. The summed E-state index contributed by atoms with van der Waals surface area (Å²) in [6, 6.07) is 19.9. The molecule has 0 saturated carbocycles. The summed E-state index contributed by atoms with van der Waals surface area (Å²) in [7, 11) is 0. The van der Waals surface area contributed by atoms with Crippen LogP contribution in [0.3, 0.4) is 0 Å². The maximum Gasteiger partial charge on any atom is 0.374 e. The fraction of sp³-hybridized carbons (Fsp3) is 0. The lowest BCUT2D eigenvalue weighted by Crippen LogP contribution is -2.07. The molecule has 9 nitrogen and oxygen atoms in total. The number of ether oxygens (including phenoxy) is 1. The van der Waals surface area contributed by atoms with E-state index < -0.39 is 10.9 Å². The number of nitrogens with zero attached hydrogens (tertiary/aromatic N) is 3. The molecule has 4 aromatic rings. The summed E-state index contributed by atoms with van der Waals surface area (Å²) >= 11 is 0. The van der Waals surface area contributed by atoms with E-state index in [1.165, 1.54) is 12.1 Å². The van der Waals surface area contributed by atoms with Gasteiger partial charge in [-0.25, -0.2) is 14.8 Å². The number of carbonyl (C=O) groups is 1. The van der Waals surface area contributed by atoms with Gasteiger partial charge in [-0.2, -0.15) is 0 Å². The van der Waals surface area contributed by atoms with Crippen LogP contribution in [0, 0.1) is 10.1 Å². The number of aromatic carboxylic acids is 1. The molecule has 0 amide bonds. The molecule has 2 N–H and O–H groups in total. The number of benzene rings is 3. The van der Waals surface area contributed by atoms with E-state index in [1.54, 1.807) is 54.6 Å². The van der Waals surface area contributed by atoms with E-state index >= 15 is 0 Å². The van der Waals surface area contributed by atoms with E-state index in [-0.39, 0.29) is 23.1 Å². The van der Waals surface area contributed by atoms with E-state index in [9.17, 15) is 20.0 Å². The molecule has 0 spiro atoms. The number of carboxylic acid groups (broad SMARTS) is 1. The summed E-state index contributed by atoms with van der Waals surface area (Å²) in [6.07, 6.45) is 0. The second kappa shape index (κ2) is 7.84. The number of rotatable bonds is 6. The number of fused-ring (bicyclic) bond motifs is 1. The van der Waals surface area contributed by atoms with E-state index in [1.807, 2.05) is 6.07 Å². The Kier molecular flexibility index (Phi) is 4.92. The molecule has 1 heterocycles. The molecule has 0 bridgehead atoms. The smallest absolute Gasteiger partial charge is 0.374 e. The van der Waals surface area contributed by atoms with Gasteiger partial charge in [0.2, 0.25) is 5.82 Å². The summed E-state index contributed by atoms with van der Waals surface area (Å²) in [6.45, 7) is 0. The number of nitro groups is 1. The predicted molar refractivity (Wildman–Crippen MR) is 109 cm³/mol. The number of carboxylic acids is 1. The highest BCUT2D eigenvalue weighted by atomic mass is 16.6. The number of para-hydroxylation sites is 2. The average molecular weight is 402 g/mol. The van der Waals surface area contributed by atoms with Crippen molar-refractivity contribution >= 4 is 34.1 Å². The lowest BCUT2D eigenvalue weighted by molar-refractivity contribution is -0.384. The summed E-state index contributed by atoms with van der Waals surface area (Å²) in [5, 5.41) is 24.2. The van der Waals surface area contributed by atoms with Crippen LogP contribution in [-0.2, 0) is 0 Å². The van der Waals surface area contributed by atoms with Crippen LogP contribution < -0.4 is 10.1 Å². The fourth-order valence-electron chi connectivity index (χ4n) is 2.85. The van der Waals surface area contributed by atoms with Crippen molar-refractivity contribution in [2.75, 3.05) is 5.32 Å². The van der Waals surface area contributed by atoms with Crippen molar-refractivity contribution in [1.82, 2.24) is 9.97 Å². The molecule has 0 saturated heterocycles. The normalized spacial score (nSPS) is 10.5. The SMILES string of the molecule is O=C(O)c1nc(Nc2cc(Oc3ccccc3)cc([N+](=O)[O-])c2)c2ccccc2n1. The third-order valence-corrected chi connectivity index (χ3v) is 4.14. The number of hydrogen-bond acceptors (Lipinski definition) is 7. The van der Waals surface area contributed by atoms with Crippen molar-refractivity contribution in [1.29, 1.82) is 0 Å². The van der Waals surface area contributed by atoms with Gasteiger partial charge >= 0.3 is 5.97 Å². The van der Waals surface area contributed by atoms with Crippen molar-refractivity contribution in [3.8, 4) is 11.5 Å². The molecule has 0 fully saturated rings. The number of anilines is 2. The minimum Gasteiger partial charge on any atom is -0.475 e. The molecule has 1 aromatic heterocycles. The van der Waals surface area contributed by atoms with E-state index in [0.717, 1.165) is 0 Å². The quantitative estimate of drug-likeness (QED) is 0.349. The van der Waals surface area contributed by atoms with Crippen molar-refractivity contribution in [3.63, 3.8) is 0 Å². The Labute approximate surface area is 169 Å². The third kappa shape index (κ3) is 3.99. The summed E-state index contributed by atoms with van der Waals surface area (Å²) in [4.78, 5) is 30.3. The zero-order valence-electron chi connectivity index (χ0n) is 15.4. The highest BCUT2D eigenvalue weighted by Gasteiger charge is 2.16. The molecule has 0 aliphatic rings. The standard InChI is InChI=1S/C21H14N4O5/c26-21(27)20-23-18-9-5-4-8-17(18)19(24-20)22-13-10-14(25(28)29)12-16(11-13)30-15-6-2-1-3-7-15/h1-12H,(H,26,27)(H,22,23,24). The second-order valence-electron chi connectivity index (χ2n) is 6.23. The molecule has 148 valence electrons. The van der Waals surface area contributed by atoms with Gasteiger partial charge in [0.1, 0.15) is 17.3 Å². The van der Waals surface area contributed by atoms with Crippen LogP contribution in [-0.4, -0.2) is 26.0 Å². The number of hydrogen-bond donors (Lipinski definition) is 2. The van der Waals surface area contributed by atoms with Crippen molar-refractivity contribution in [2.24, 2.45) is 0 Å². The first-order valence-electron chi connectivity index (χ1n) is 8.79. The molecule has 30 heavy (non-hydrogen) atoms. The first kappa shape index (κ1) is 18.8. The highest BCUT2D eigenvalue weighted by molar-refractivity contribution is 5.94. The monoisotopic (exact) mass is 402 g/mol.